The Bertz CT molecular complexity index is 991. The standard InChI is InChI=1S/C19H18N4O3/c1-12-4-7-16(8-5-12)20-19(24)15-6-9-17(18(11-15)23(25)26)22-14(3)10-13(2)21-22/h4-11H,1-3H3,(H,20,24). The molecule has 0 saturated heterocycles. The van der Waals surface area contributed by atoms with Gasteiger partial charge in [-0.2, -0.15) is 5.10 Å². The minimum absolute atomic E-state index is 0.173. The topological polar surface area (TPSA) is 90.1 Å². The van der Waals surface area contributed by atoms with E-state index in [-0.39, 0.29) is 11.3 Å². The van der Waals surface area contributed by atoms with Crippen LogP contribution in [-0.4, -0.2) is 20.6 Å². The molecule has 3 aromatic rings. The third kappa shape index (κ3) is 3.46. The van der Waals surface area contributed by atoms with Crippen molar-refractivity contribution in [3.63, 3.8) is 0 Å². The summed E-state index contributed by atoms with van der Waals surface area (Å²) < 4.78 is 1.51. The number of rotatable bonds is 4. The van der Waals surface area contributed by atoms with Gasteiger partial charge < -0.3 is 5.32 Å². The van der Waals surface area contributed by atoms with Crippen molar-refractivity contribution >= 4 is 17.3 Å². The minimum atomic E-state index is -0.506. The van der Waals surface area contributed by atoms with Gasteiger partial charge in [-0.15, -0.1) is 0 Å². The fourth-order valence-electron chi connectivity index (χ4n) is 2.70. The average molecular weight is 350 g/mol. The molecule has 1 amide bonds. The van der Waals surface area contributed by atoms with E-state index >= 15 is 0 Å². The summed E-state index contributed by atoms with van der Waals surface area (Å²) in [6.07, 6.45) is 0. The van der Waals surface area contributed by atoms with Crippen molar-refractivity contribution in [3.05, 3.63) is 81.2 Å². The number of nitrogens with zero attached hydrogens (tertiary/aromatic N) is 3. The molecule has 0 radical (unpaired) electrons. The number of amides is 1. The Labute approximate surface area is 150 Å². The lowest BCUT2D eigenvalue weighted by molar-refractivity contribution is -0.384. The van der Waals surface area contributed by atoms with Gasteiger partial charge in [0.2, 0.25) is 0 Å². The molecule has 0 atom stereocenters. The van der Waals surface area contributed by atoms with Crippen LogP contribution in [0.15, 0.2) is 48.5 Å². The normalized spacial score (nSPS) is 10.6. The van der Waals surface area contributed by atoms with E-state index in [0.717, 1.165) is 17.0 Å². The minimum Gasteiger partial charge on any atom is -0.322 e. The number of anilines is 1. The number of nitrogens with one attached hydrogen (secondary N) is 1. The van der Waals surface area contributed by atoms with Gasteiger partial charge in [0.05, 0.1) is 10.6 Å². The molecular weight excluding hydrogens is 332 g/mol. The number of hydrogen-bond acceptors (Lipinski definition) is 4. The van der Waals surface area contributed by atoms with Crippen molar-refractivity contribution in [2.45, 2.75) is 20.8 Å². The molecule has 0 saturated carbocycles. The largest absolute Gasteiger partial charge is 0.322 e. The van der Waals surface area contributed by atoms with E-state index in [1.54, 1.807) is 24.3 Å². The van der Waals surface area contributed by atoms with E-state index in [4.69, 9.17) is 0 Å². The van der Waals surface area contributed by atoms with Crippen LogP contribution in [0.4, 0.5) is 11.4 Å². The number of benzene rings is 2. The number of hydrogen-bond donors (Lipinski definition) is 1. The Kier molecular flexibility index (Phi) is 4.53. The van der Waals surface area contributed by atoms with Gasteiger partial charge in [0.25, 0.3) is 11.6 Å². The zero-order valence-electron chi connectivity index (χ0n) is 14.7. The summed E-state index contributed by atoms with van der Waals surface area (Å²) in [4.78, 5) is 23.4. The van der Waals surface area contributed by atoms with E-state index < -0.39 is 10.8 Å². The maximum Gasteiger partial charge on any atom is 0.295 e. The van der Waals surface area contributed by atoms with Crippen LogP contribution in [0.25, 0.3) is 5.69 Å². The molecule has 1 aromatic heterocycles. The second-order valence-corrected chi connectivity index (χ2v) is 6.12. The summed E-state index contributed by atoms with van der Waals surface area (Å²) in [5.74, 6) is -0.406. The van der Waals surface area contributed by atoms with Crippen molar-refractivity contribution in [2.24, 2.45) is 0 Å². The lowest BCUT2D eigenvalue weighted by Crippen LogP contribution is -2.13. The first-order valence-electron chi connectivity index (χ1n) is 8.05. The lowest BCUT2D eigenvalue weighted by atomic mass is 10.1. The molecule has 0 spiro atoms. The number of carbonyl (C=O) groups is 1. The van der Waals surface area contributed by atoms with E-state index in [9.17, 15) is 14.9 Å². The van der Waals surface area contributed by atoms with Crippen LogP contribution in [-0.2, 0) is 0 Å². The highest BCUT2D eigenvalue weighted by Gasteiger charge is 2.20. The molecule has 0 aliphatic heterocycles. The zero-order chi connectivity index (χ0) is 18.8. The highest BCUT2D eigenvalue weighted by atomic mass is 16.6. The second-order valence-electron chi connectivity index (χ2n) is 6.12. The molecule has 3 rings (SSSR count). The number of aromatic nitrogens is 2. The predicted octanol–water partition coefficient (Wildman–Crippen LogP) is 3.96. The summed E-state index contributed by atoms with van der Waals surface area (Å²) in [6.45, 7) is 5.59. The van der Waals surface area contributed by atoms with Gasteiger partial charge in [-0.1, -0.05) is 17.7 Å². The third-order valence-electron chi connectivity index (χ3n) is 3.98. The SMILES string of the molecule is Cc1ccc(NC(=O)c2ccc(-n3nc(C)cc3C)c([N+](=O)[O-])c2)cc1. The van der Waals surface area contributed by atoms with Crippen LogP contribution in [0.5, 0.6) is 0 Å². The molecule has 7 heteroatoms. The Morgan fingerprint density at radius 1 is 1.08 bits per heavy atom. The quantitative estimate of drug-likeness (QED) is 0.570. The Hall–Kier alpha value is -3.48. The van der Waals surface area contributed by atoms with Gasteiger partial charge in [0.15, 0.2) is 0 Å². The molecule has 132 valence electrons. The summed E-state index contributed by atoms with van der Waals surface area (Å²) >= 11 is 0. The van der Waals surface area contributed by atoms with Crippen molar-refractivity contribution in [1.29, 1.82) is 0 Å². The molecule has 0 unspecified atom stereocenters. The molecule has 7 nitrogen and oxygen atoms in total. The van der Waals surface area contributed by atoms with Gasteiger partial charge in [0.1, 0.15) is 5.69 Å². The van der Waals surface area contributed by atoms with Crippen LogP contribution < -0.4 is 5.32 Å². The first-order valence-corrected chi connectivity index (χ1v) is 8.05. The van der Waals surface area contributed by atoms with E-state index in [0.29, 0.717) is 11.4 Å². The van der Waals surface area contributed by atoms with Gasteiger partial charge >= 0.3 is 0 Å². The van der Waals surface area contributed by atoms with E-state index in [2.05, 4.69) is 10.4 Å². The van der Waals surface area contributed by atoms with Gasteiger partial charge in [-0.3, -0.25) is 14.9 Å². The van der Waals surface area contributed by atoms with Crippen LogP contribution in [0.2, 0.25) is 0 Å². The summed E-state index contributed by atoms with van der Waals surface area (Å²) in [7, 11) is 0. The van der Waals surface area contributed by atoms with Crippen LogP contribution >= 0.6 is 0 Å². The monoisotopic (exact) mass is 350 g/mol. The smallest absolute Gasteiger partial charge is 0.295 e. The third-order valence-corrected chi connectivity index (χ3v) is 3.98. The summed E-state index contributed by atoms with van der Waals surface area (Å²) in [5.41, 5.74) is 3.61. The van der Waals surface area contributed by atoms with Crippen molar-refractivity contribution in [1.82, 2.24) is 9.78 Å². The van der Waals surface area contributed by atoms with Crippen LogP contribution in [0, 0.1) is 30.9 Å². The fraction of sp³-hybridized carbons (Fsp3) is 0.158. The molecule has 1 N–H and O–H groups in total. The average Bonchev–Trinajstić information content (AvgIpc) is 2.94. The second kappa shape index (κ2) is 6.79. The maximum absolute atomic E-state index is 12.4. The maximum atomic E-state index is 12.4. The molecule has 26 heavy (non-hydrogen) atoms. The fourth-order valence-corrected chi connectivity index (χ4v) is 2.70. The molecule has 2 aromatic carbocycles. The van der Waals surface area contributed by atoms with Crippen molar-refractivity contribution < 1.29 is 9.72 Å². The first-order chi connectivity index (χ1) is 12.3. The summed E-state index contributed by atoms with van der Waals surface area (Å²) in [6, 6.07) is 13.5. The Morgan fingerprint density at radius 2 is 1.77 bits per heavy atom. The molecule has 0 aliphatic rings. The highest BCUT2D eigenvalue weighted by Crippen LogP contribution is 2.26. The molecular formula is C19H18N4O3. The highest BCUT2D eigenvalue weighted by molar-refractivity contribution is 6.04. The van der Waals surface area contributed by atoms with Crippen LogP contribution in [0.1, 0.15) is 27.3 Å². The molecule has 0 bridgehead atoms. The number of nitro benzene ring substituents is 1. The van der Waals surface area contributed by atoms with Crippen LogP contribution in [0.3, 0.4) is 0 Å². The summed E-state index contributed by atoms with van der Waals surface area (Å²) in [5, 5.41) is 18.5. The lowest BCUT2D eigenvalue weighted by Gasteiger charge is -2.09. The predicted molar refractivity (Wildman–Crippen MR) is 98.8 cm³/mol. The number of aryl methyl sites for hydroxylation is 3. The number of nitro groups is 1. The molecule has 1 heterocycles. The van der Waals surface area contributed by atoms with Gasteiger partial charge in [-0.05, 0) is 51.1 Å². The first kappa shape index (κ1) is 17.3. The Balaban J connectivity index is 1.95. The Morgan fingerprint density at radius 3 is 2.35 bits per heavy atom. The zero-order valence-corrected chi connectivity index (χ0v) is 14.7. The van der Waals surface area contributed by atoms with Gasteiger partial charge in [-0.25, -0.2) is 4.68 Å². The molecule has 0 fully saturated rings. The van der Waals surface area contributed by atoms with Crippen molar-refractivity contribution in [2.75, 3.05) is 5.32 Å². The number of carbonyl (C=O) groups excluding carboxylic acids is 1. The van der Waals surface area contributed by atoms with E-state index in [1.807, 2.05) is 39.0 Å². The van der Waals surface area contributed by atoms with Crippen molar-refractivity contribution in [3.8, 4) is 5.69 Å². The van der Waals surface area contributed by atoms with E-state index in [1.165, 1.54) is 10.7 Å². The molecule has 0 aliphatic carbocycles. The van der Waals surface area contributed by atoms with Gasteiger partial charge in [0, 0.05) is 23.0 Å².